The van der Waals surface area contributed by atoms with E-state index in [1.807, 2.05) is 28.7 Å². The number of methoxy groups -OCH3 is 1. The smallest absolute Gasteiger partial charge is 0.262 e. The first-order chi connectivity index (χ1) is 13.7. The molecule has 7 heteroatoms. The van der Waals surface area contributed by atoms with Gasteiger partial charge in [0, 0.05) is 26.0 Å². The minimum atomic E-state index is -0.0401. The van der Waals surface area contributed by atoms with Gasteiger partial charge in [-0.3, -0.25) is 13.8 Å². The first-order valence-corrected chi connectivity index (χ1v) is 10.2. The van der Waals surface area contributed by atoms with Crippen molar-refractivity contribution < 1.29 is 4.74 Å². The molecule has 0 amide bonds. The minimum absolute atomic E-state index is 0.0401. The van der Waals surface area contributed by atoms with Gasteiger partial charge in [-0.15, -0.1) is 10.2 Å². The molecule has 2 aromatic carbocycles. The topological polar surface area (TPSA) is 61.4 Å². The SMILES string of the molecule is COCCCn1c(=O)c2ccccc2n2c(SCc3ccc(C)cc3)nnc12. The number of thioether (sulfide) groups is 1. The van der Waals surface area contributed by atoms with E-state index >= 15 is 0 Å². The Labute approximate surface area is 167 Å². The predicted octanol–water partition coefficient (Wildman–Crippen LogP) is 3.68. The van der Waals surface area contributed by atoms with Crippen LogP contribution in [0.4, 0.5) is 0 Å². The highest BCUT2D eigenvalue weighted by molar-refractivity contribution is 7.98. The van der Waals surface area contributed by atoms with Gasteiger partial charge in [0.25, 0.3) is 5.56 Å². The van der Waals surface area contributed by atoms with Crippen LogP contribution in [0.25, 0.3) is 16.7 Å². The summed E-state index contributed by atoms with van der Waals surface area (Å²) in [6.07, 6.45) is 0.739. The molecule has 0 bridgehead atoms. The summed E-state index contributed by atoms with van der Waals surface area (Å²) in [4.78, 5) is 13.0. The molecule has 0 N–H and O–H groups in total. The average Bonchev–Trinajstić information content (AvgIpc) is 3.14. The zero-order valence-electron chi connectivity index (χ0n) is 16.0. The summed E-state index contributed by atoms with van der Waals surface area (Å²) in [5.74, 6) is 1.37. The molecule has 6 nitrogen and oxygen atoms in total. The van der Waals surface area contributed by atoms with Crippen LogP contribution >= 0.6 is 11.8 Å². The number of benzene rings is 2. The van der Waals surface area contributed by atoms with Crippen molar-refractivity contribution in [2.75, 3.05) is 13.7 Å². The van der Waals surface area contributed by atoms with Crippen LogP contribution in [-0.4, -0.2) is 32.9 Å². The number of hydrogen-bond donors (Lipinski definition) is 0. The lowest BCUT2D eigenvalue weighted by molar-refractivity contribution is 0.190. The van der Waals surface area contributed by atoms with Crippen molar-refractivity contribution in [2.45, 2.75) is 30.8 Å². The quantitative estimate of drug-likeness (QED) is 0.353. The van der Waals surface area contributed by atoms with Crippen molar-refractivity contribution in [3.63, 3.8) is 0 Å². The summed E-state index contributed by atoms with van der Waals surface area (Å²) in [7, 11) is 1.66. The fourth-order valence-electron chi connectivity index (χ4n) is 3.23. The van der Waals surface area contributed by atoms with Gasteiger partial charge in [0.2, 0.25) is 5.78 Å². The standard InChI is InChI=1S/C21H22N4O2S/c1-15-8-10-16(11-9-15)14-28-21-23-22-20-24(12-5-13-27-2)19(26)17-6-3-4-7-18(17)25(20)21/h3-4,6-11H,5,12-14H2,1-2H3. The van der Waals surface area contributed by atoms with Crippen LogP contribution in [0.15, 0.2) is 58.5 Å². The van der Waals surface area contributed by atoms with Gasteiger partial charge < -0.3 is 4.74 Å². The Morgan fingerprint density at radius 2 is 1.86 bits per heavy atom. The Morgan fingerprint density at radius 1 is 1.07 bits per heavy atom. The Morgan fingerprint density at radius 3 is 2.64 bits per heavy atom. The first-order valence-electron chi connectivity index (χ1n) is 9.23. The van der Waals surface area contributed by atoms with Gasteiger partial charge in [-0.1, -0.05) is 53.7 Å². The van der Waals surface area contributed by atoms with E-state index in [1.54, 1.807) is 23.4 Å². The summed E-state index contributed by atoms with van der Waals surface area (Å²) < 4.78 is 8.83. The van der Waals surface area contributed by atoms with Gasteiger partial charge in [-0.05, 0) is 31.0 Å². The second-order valence-electron chi connectivity index (χ2n) is 6.71. The number of fused-ring (bicyclic) bond motifs is 3. The number of aromatic nitrogens is 4. The Bertz CT molecular complexity index is 1160. The molecule has 0 aliphatic heterocycles. The molecule has 0 radical (unpaired) electrons. The minimum Gasteiger partial charge on any atom is -0.385 e. The number of nitrogens with zero attached hydrogens (tertiary/aromatic N) is 4. The molecular weight excluding hydrogens is 372 g/mol. The average molecular weight is 395 g/mol. The monoisotopic (exact) mass is 394 g/mol. The van der Waals surface area contributed by atoms with Gasteiger partial charge in [0.1, 0.15) is 0 Å². The highest BCUT2D eigenvalue weighted by atomic mass is 32.2. The third-order valence-electron chi connectivity index (χ3n) is 4.70. The maximum absolute atomic E-state index is 13.0. The van der Waals surface area contributed by atoms with Crippen molar-refractivity contribution >= 4 is 28.4 Å². The lowest BCUT2D eigenvalue weighted by atomic mass is 10.2. The number of ether oxygens (including phenoxy) is 1. The molecule has 0 unspecified atom stereocenters. The number of rotatable bonds is 7. The van der Waals surface area contributed by atoms with Crippen LogP contribution in [0, 0.1) is 6.92 Å². The van der Waals surface area contributed by atoms with Crippen molar-refractivity contribution in [1.29, 1.82) is 0 Å². The number of hydrogen-bond acceptors (Lipinski definition) is 5. The molecule has 2 heterocycles. The Hall–Kier alpha value is -2.64. The highest BCUT2D eigenvalue weighted by Gasteiger charge is 2.16. The van der Waals surface area contributed by atoms with Crippen molar-refractivity contribution in [3.05, 3.63) is 70.0 Å². The largest absolute Gasteiger partial charge is 0.385 e. The molecule has 0 aliphatic carbocycles. The fraction of sp³-hybridized carbons (Fsp3) is 0.286. The van der Waals surface area contributed by atoms with Crippen molar-refractivity contribution in [2.24, 2.45) is 0 Å². The zero-order chi connectivity index (χ0) is 19.5. The van der Waals surface area contributed by atoms with Gasteiger partial charge >= 0.3 is 0 Å². The maximum atomic E-state index is 13.0. The van der Waals surface area contributed by atoms with Gasteiger partial charge in [0.15, 0.2) is 5.16 Å². The lowest BCUT2D eigenvalue weighted by Gasteiger charge is -2.11. The van der Waals surface area contributed by atoms with E-state index in [9.17, 15) is 4.79 Å². The summed E-state index contributed by atoms with van der Waals surface area (Å²) in [6, 6.07) is 16.1. The van der Waals surface area contributed by atoms with Crippen molar-refractivity contribution in [1.82, 2.24) is 19.2 Å². The Balaban J connectivity index is 1.77. The lowest BCUT2D eigenvalue weighted by Crippen LogP contribution is -2.24. The van der Waals surface area contributed by atoms with Crippen LogP contribution in [0.3, 0.4) is 0 Å². The summed E-state index contributed by atoms with van der Waals surface area (Å²) in [5.41, 5.74) is 3.27. The molecule has 4 rings (SSSR count). The third kappa shape index (κ3) is 3.55. The molecule has 0 aliphatic rings. The molecule has 0 fully saturated rings. The van der Waals surface area contributed by atoms with E-state index in [0.717, 1.165) is 22.8 Å². The van der Waals surface area contributed by atoms with Crippen LogP contribution in [0.1, 0.15) is 17.5 Å². The van der Waals surface area contributed by atoms with E-state index < -0.39 is 0 Å². The maximum Gasteiger partial charge on any atom is 0.262 e. The van der Waals surface area contributed by atoms with E-state index in [2.05, 4.69) is 41.4 Å². The molecule has 144 valence electrons. The zero-order valence-corrected chi connectivity index (χ0v) is 16.8. The third-order valence-corrected chi connectivity index (χ3v) is 5.70. The molecule has 0 saturated heterocycles. The number of para-hydroxylation sites is 1. The fourth-order valence-corrected chi connectivity index (χ4v) is 4.12. The highest BCUT2D eigenvalue weighted by Crippen LogP contribution is 2.24. The summed E-state index contributed by atoms with van der Waals surface area (Å²) >= 11 is 1.62. The van der Waals surface area contributed by atoms with Crippen LogP contribution < -0.4 is 5.56 Å². The summed E-state index contributed by atoms with van der Waals surface area (Å²) in [5, 5.41) is 10.2. The molecule has 0 spiro atoms. The molecular formula is C21H22N4O2S. The molecule has 0 saturated carbocycles. The van der Waals surface area contributed by atoms with Gasteiger partial charge in [-0.2, -0.15) is 0 Å². The van der Waals surface area contributed by atoms with E-state index in [0.29, 0.717) is 24.3 Å². The van der Waals surface area contributed by atoms with Crippen molar-refractivity contribution in [3.8, 4) is 0 Å². The van der Waals surface area contributed by atoms with Crippen LogP contribution in [-0.2, 0) is 17.0 Å². The van der Waals surface area contributed by atoms with E-state index in [4.69, 9.17) is 4.74 Å². The molecule has 2 aromatic heterocycles. The normalized spacial score (nSPS) is 11.5. The van der Waals surface area contributed by atoms with Gasteiger partial charge in [-0.25, -0.2) is 0 Å². The van der Waals surface area contributed by atoms with Crippen LogP contribution in [0.2, 0.25) is 0 Å². The van der Waals surface area contributed by atoms with Crippen LogP contribution in [0.5, 0.6) is 0 Å². The molecule has 28 heavy (non-hydrogen) atoms. The van der Waals surface area contributed by atoms with E-state index in [-0.39, 0.29) is 5.56 Å². The Kier molecular flexibility index (Phi) is 5.45. The summed E-state index contributed by atoms with van der Waals surface area (Å²) in [6.45, 7) is 3.22. The van der Waals surface area contributed by atoms with Gasteiger partial charge in [0.05, 0.1) is 10.9 Å². The predicted molar refractivity (Wildman–Crippen MR) is 112 cm³/mol. The first kappa shape index (κ1) is 18.7. The molecule has 4 aromatic rings. The molecule has 0 atom stereocenters. The van der Waals surface area contributed by atoms with E-state index in [1.165, 1.54) is 11.1 Å². The second-order valence-corrected chi connectivity index (χ2v) is 7.66. The number of aryl methyl sites for hydroxylation is 2. The second kappa shape index (κ2) is 8.16.